The molecule has 0 N–H and O–H groups in total. The maximum absolute atomic E-state index is 13.1. The molecule has 0 aliphatic carbocycles. The fourth-order valence-corrected chi connectivity index (χ4v) is 3.82. The zero-order valence-electron chi connectivity index (χ0n) is 13.0. The first-order chi connectivity index (χ1) is 11.3. The topological polar surface area (TPSA) is 89.8 Å². The van der Waals surface area contributed by atoms with Crippen LogP contribution in [0.5, 0.6) is 5.75 Å². The van der Waals surface area contributed by atoms with Crippen molar-refractivity contribution in [2.75, 3.05) is 18.0 Å². The second-order valence-electron chi connectivity index (χ2n) is 4.74. The normalized spacial score (nSPS) is 11.1. The molecule has 0 radical (unpaired) electrons. The molecular weight excluding hydrogens is 339 g/mol. The molecule has 9 heteroatoms. The van der Waals surface area contributed by atoms with Crippen LogP contribution in [-0.2, 0) is 10.0 Å². The fraction of sp³-hybridized carbons (Fsp3) is 0.200. The molecular formula is C15H15FN2O5S. The molecule has 0 unspecified atom stereocenters. The van der Waals surface area contributed by atoms with Gasteiger partial charge in [-0.3, -0.25) is 14.4 Å². The van der Waals surface area contributed by atoms with Gasteiger partial charge in [0.05, 0.1) is 23.8 Å². The highest BCUT2D eigenvalue weighted by molar-refractivity contribution is 7.93. The Morgan fingerprint density at radius 2 is 1.83 bits per heavy atom. The van der Waals surface area contributed by atoms with Crippen LogP contribution < -0.4 is 9.04 Å². The van der Waals surface area contributed by atoms with Crippen LogP contribution in [0.1, 0.15) is 6.92 Å². The first-order valence-electron chi connectivity index (χ1n) is 6.92. The van der Waals surface area contributed by atoms with Gasteiger partial charge in [-0.25, -0.2) is 12.8 Å². The monoisotopic (exact) mass is 354 g/mol. The van der Waals surface area contributed by atoms with E-state index >= 15 is 0 Å². The average Bonchev–Trinajstić information content (AvgIpc) is 2.56. The molecule has 0 amide bonds. The molecule has 0 fully saturated rings. The van der Waals surface area contributed by atoms with E-state index in [-0.39, 0.29) is 18.0 Å². The van der Waals surface area contributed by atoms with Crippen molar-refractivity contribution in [1.29, 1.82) is 0 Å². The third-order valence-electron chi connectivity index (χ3n) is 3.33. The Morgan fingerprint density at radius 3 is 2.33 bits per heavy atom. The average molecular weight is 354 g/mol. The van der Waals surface area contributed by atoms with Gasteiger partial charge in [0, 0.05) is 6.54 Å². The van der Waals surface area contributed by atoms with Crippen LogP contribution in [-0.4, -0.2) is 27.0 Å². The standard InChI is InChI=1S/C15H15FN2O5S/c1-3-17(12-6-4-11(16)5-7-12)24(21,22)15-9-8-13(23-2)10-14(15)18(19)20/h4-10H,3H2,1-2H3. The van der Waals surface area contributed by atoms with Gasteiger partial charge >= 0.3 is 0 Å². The van der Waals surface area contributed by atoms with Gasteiger partial charge < -0.3 is 4.74 Å². The number of benzene rings is 2. The highest BCUT2D eigenvalue weighted by Gasteiger charge is 2.31. The number of nitro benzene ring substituents is 1. The van der Waals surface area contributed by atoms with E-state index in [0.717, 1.165) is 28.6 Å². The van der Waals surface area contributed by atoms with Crippen LogP contribution in [0, 0.1) is 15.9 Å². The number of sulfonamides is 1. The molecule has 0 bridgehead atoms. The number of halogens is 1. The summed E-state index contributed by atoms with van der Waals surface area (Å²) in [5, 5.41) is 11.2. The Bertz CT molecular complexity index is 853. The summed E-state index contributed by atoms with van der Waals surface area (Å²) < 4.78 is 44.7. The number of nitro groups is 1. The van der Waals surface area contributed by atoms with Crippen molar-refractivity contribution in [3.8, 4) is 5.75 Å². The van der Waals surface area contributed by atoms with E-state index in [9.17, 15) is 22.9 Å². The quantitative estimate of drug-likeness (QED) is 0.588. The van der Waals surface area contributed by atoms with Gasteiger partial charge in [0.25, 0.3) is 15.7 Å². The minimum Gasteiger partial charge on any atom is -0.497 e. The lowest BCUT2D eigenvalue weighted by molar-refractivity contribution is -0.387. The Balaban J connectivity index is 2.60. The second-order valence-corrected chi connectivity index (χ2v) is 6.57. The van der Waals surface area contributed by atoms with Crippen LogP contribution in [0.15, 0.2) is 47.4 Å². The summed E-state index contributed by atoms with van der Waals surface area (Å²) in [5.74, 6) is -0.340. The summed E-state index contributed by atoms with van der Waals surface area (Å²) in [7, 11) is -2.88. The lowest BCUT2D eigenvalue weighted by Gasteiger charge is -2.22. The summed E-state index contributed by atoms with van der Waals surface area (Å²) in [6, 6.07) is 8.34. The minimum atomic E-state index is -4.20. The van der Waals surface area contributed by atoms with Crippen molar-refractivity contribution in [1.82, 2.24) is 0 Å². The van der Waals surface area contributed by atoms with Crippen molar-refractivity contribution in [3.05, 3.63) is 58.4 Å². The summed E-state index contributed by atoms with van der Waals surface area (Å²) in [4.78, 5) is 10.0. The molecule has 0 saturated carbocycles. The highest BCUT2D eigenvalue weighted by Crippen LogP contribution is 2.32. The molecule has 2 aromatic rings. The Kier molecular flexibility index (Phi) is 5.03. The molecule has 0 atom stereocenters. The molecule has 0 aliphatic heterocycles. The number of anilines is 1. The third-order valence-corrected chi connectivity index (χ3v) is 5.28. The molecule has 0 saturated heterocycles. The van der Waals surface area contributed by atoms with E-state index in [2.05, 4.69) is 0 Å². The Morgan fingerprint density at radius 1 is 1.21 bits per heavy atom. The predicted octanol–water partition coefficient (Wildman–Crippen LogP) is 2.96. The Labute approximate surface area is 138 Å². The van der Waals surface area contributed by atoms with E-state index in [0.29, 0.717) is 0 Å². The number of nitrogens with zero attached hydrogens (tertiary/aromatic N) is 2. The van der Waals surface area contributed by atoms with Crippen LogP contribution in [0.4, 0.5) is 15.8 Å². The zero-order chi connectivity index (χ0) is 17.9. The maximum atomic E-state index is 13.1. The number of rotatable bonds is 6. The highest BCUT2D eigenvalue weighted by atomic mass is 32.2. The number of ether oxygens (including phenoxy) is 1. The smallest absolute Gasteiger partial charge is 0.293 e. The molecule has 0 aromatic heterocycles. The van der Waals surface area contributed by atoms with Crippen LogP contribution >= 0.6 is 0 Å². The lowest BCUT2D eigenvalue weighted by atomic mass is 10.3. The zero-order valence-corrected chi connectivity index (χ0v) is 13.8. The SMILES string of the molecule is CCN(c1ccc(F)cc1)S(=O)(=O)c1ccc(OC)cc1[N+](=O)[O-]. The van der Waals surface area contributed by atoms with E-state index in [1.807, 2.05) is 0 Å². The first-order valence-corrected chi connectivity index (χ1v) is 8.36. The number of methoxy groups -OCH3 is 1. The van der Waals surface area contributed by atoms with E-state index in [1.54, 1.807) is 6.92 Å². The lowest BCUT2D eigenvalue weighted by Crippen LogP contribution is -2.31. The van der Waals surface area contributed by atoms with Gasteiger partial charge in [-0.1, -0.05) is 0 Å². The van der Waals surface area contributed by atoms with Crippen molar-refractivity contribution >= 4 is 21.4 Å². The molecule has 24 heavy (non-hydrogen) atoms. The number of hydrogen-bond donors (Lipinski definition) is 0. The molecule has 2 rings (SSSR count). The van der Waals surface area contributed by atoms with Crippen LogP contribution in [0.25, 0.3) is 0 Å². The van der Waals surface area contributed by atoms with Gasteiger partial charge in [0.2, 0.25) is 0 Å². The molecule has 128 valence electrons. The maximum Gasteiger partial charge on any atom is 0.293 e. The first kappa shape index (κ1) is 17.7. The van der Waals surface area contributed by atoms with Crippen LogP contribution in [0.2, 0.25) is 0 Å². The van der Waals surface area contributed by atoms with Gasteiger partial charge in [0.15, 0.2) is 4.90 Å². The van der Waals surface area contributed by atoms with E-state index < -0.39 is 31.3 Å². The van der Waals surface area contributed by atoms with Crippen molar-refractivity contribution in [3.63, 3.8) is 0 Å². The molecule has 0 heterocycles. The summed E-state index contributed by atoms with van der Waals surface area (Å²) >= 11 is 0. The largest absolute Gasteiger partial charge is 0.497 e. The van der Waals surface area contributed by atoms with E-state index in [1.165, 1.54) is 25.3 Å². The second kappa shape index (κ2) is 6.83. The van der Waals surface area contributed by atoms with Gasteiger partial charge in [-0.15, -0.1) is 0 Å². The number of hydrogen-bond acceptors (Lipinski definition) is 5. The molecule has 2 aromatic carbocycles. The third kappa shape index (κ3) is 3.30. The predicted molar refractivity (Wildman–Crippen MR) is 86.3 cm³/mol. The fourth-order valence-electron chi connectivity index (χ4n) is 2.20. The summed E-state index contributed by atoms with van der Waals surface area (Å²) in [6.45, 7) is 1.60. The van der Waals surface area contributed by atoms with Crippen LogP contribution in [0.3, 0.4) is 0 Å². The van der Waals surface area contributed by atoms with Gasteiger partial charge in [0.1, 0.15) is 11.6 Å². The van der Waals surface area contributed by atoms with Gasteiger partial charge in [-0.2, -0.15) is 0 Å². The van der Waals surface area contributed by atoms with E-state index in [4.69, 9.17) is 4.74 Å². The van der Waals surface area contributed by atoms with Crippen molar-refractivity contribution < 1.29 is 22.5 Å². The summed E-state index contributed by atoms with van der Waals surface area (Å²) in [6.07, 6.45) is 0. The summed E-state index contributed by atoms with van der Waals surface area (Å²) in [5.41, 5.74) is -0.376. The minimum absolute atomic E-state index is 0.0249. The molecule has 0 spiro atoms. The van der Waals surface area contributed by atoms with Gasteiger partial charge in [-0.05, 0) is 43.3 Å². The van der Waals surface area contributed by atoms with Crippen molar-refractivity contribution in [2.24, 2.45) is 0 Å². The molecule has 0 aliphatic rings. The van der Waals surface area contributed by atoms with Crippen molar-refractivity contribution in [2.45, 2.75) is 11.8 Å². The Hall–Kier alpha value is -2.68. The molecule has 7 nitrogen and oxygen atoms in total.